The number of fused-ring (bicyclic) bond motifs is 1. The minimum absolute atomic E-state index is 0.303. The monoisotopic (exact) mass is 459 g/mol. The fourth-order valence-electron chi connectivity index (χ4n) is 4.20. The van der Waals surface area contributed by atoms with Crippen molar-refractivity contribution in [2.75, 3.05) is 24.6 Å². The Morgan fingerprint density at radius 1 is 1.27 bits per heavy atom. The van der Waals surface area contributed by atoms with E-state index >= 15 is 0 Å². The van der Waals surface area contributed by atoms with E-state index in [1.54, 1.807) is 0 Å². The molecule has 8 heteroatoms. The number of aromatic hydroxyl groups is 1. The van der Waals surface area contributed by atoms with Crippen LogP contribution in [0.4, 0.5) is 18.9 Å². The smallest absolute Gasteiger partial charge is 0.433 e. The van der Waals surface area contributed by atoms with Gasteiger partial charge in [-0.3, -0.25) is 5.41 Å². The van der Waals surface area contributed by atoms with Crippen LogP contribution < -0.4 is 9.64 Å². The Morgan fingerprint density at radius 2 is 2.06 bits per heavy atom. The van der Waals surface area contributed by atoms with Crippen molar-refractivity contribution in [3.05, 3.63) is 52.6 Å². The number of nitrogens with one attached hydrogen (secondary N) is 1. The summed E-state index contributed by atoms with van der Waals surface area (Å²) >= 11 is 0. The van der Waals surface area contributed by atoms with E-state index in [1.807, 2.05) is 13.0 Å². The number of phenols is 1. The number of hydrogen-bond donors (Lipinski definition) is 2. The number of nitriles is 1. The molecule has 0 aromatic heterocycles. The van der Waals surface area contributed by atoms with Gasteiger partial charge in [0, 0.05) is 29.9 Å². The predicted molar refractivity (Wildman–Crippen MR) is 121 cm³/mol. The third-order valence-electron chi connectivity index (χ3n) is 5.76. The van der Waals surface area contributed by atoms with Crippen LogP contribution in [0.1, 0.15) is 48.4 Å². The van der Waals surface area contributed by atoms with Crippen LogP contribution in [0.25, 0.3) is 0 Å². The lowest BCUT2D eigenvalue weighted by atomic mass is 9.98. The third-order valence-corrected chi connectivity index (χ3v) is 5.76. The molecule has 3 rings (SSSR count). The number of halogens is 3. The van der Waals surface area contributed by atoms with Crippen LogP contribution in [0, 0.1) is 16.7 Å². The van der Waals surface area contributed by atoms with Crippen LogP contribution in [0.15, 0.2) is 30.3 Å². The van der Waals surface area contributed by atoms with Gasteiger partial charge in [-0.25, -0.2) is 0 Å². The molecule has 0 saturated heterocycles. The largest absolute Gasteiger partial charge is 0.507 e. The number of nitrogens with zero attached hydrogens (tertiary/aromatic N) is 2. The highest BCUT2D eigenvalue weighted by Crippen LogP contribution is 2.36. The lowest BCUT2D eigenvalue weighted by molar-refractivity contribution is -0.0588. The van der Waals surface area contributed by atoms with E-state index < -0.39 is 23.2 Å². The molecule has 0 unspecified atom stereocenters. The van der Waals surface area contributed by atoms with Crippen LogP contribution in [-0.4, -0.2) is 36.7 Å². The molecule has 2 aromatic carbocycles. The van der Waals surface area contributed by atoms with E-state index in [-0.39, 0.29) is 0 Å². The number of rotatable bonds is 9. The summed E-state index contributed by atoms with van der Waals surface area (Å²) in [6, 6.07) is 10.8. The van der Waals surface area contributed by atoms with Crippen LogP contribution in [-0.2, 0) is 19.3 Å². The Balaban J connectivity index is 1.65. The minimum atomic E-state index is -4.83. The maximum Gasteiger partial charge on any atom is 0.433 e. The summed E-state index contributed by atoms with van der Waals surface area (Å²) in [6.07, 6.45) is -0.744. The summed E-state index contributed by atoms with van der Waals surface area (Å²) in [6.45, 7) is 3.91. The molecule has 2 N–H and O–H groups in total. The quantitative estimate of drug-likeness (QED) is 0.380. The molecule has 0 amide bonds. The summed E-state index contributed by atoms with van der Waals surface area (Å²) in [5.74, 6) is -0.178. The molecule has 0 radical (unpaired) electrons. The molecule has 33 heavy (non-hydrogen) atoms. The van der Waals surface area contributed by atoms with Gasteiger partial charge in [0.05, 0.1) is 19.1 Å². The molecule has 0 bridgehead atoms. The molecule has 0 atom stereocenters. The van der Waals surface area contributed by atoms with Crippen LogP contribution in [0.3, 0.4) is 0 Å². The molecular formula is C25H28F3N3O2. The van der Waals surface area contributed by atoms with Crippen molar-refractivity contribution in [3.8, 4) is 17.6 Å². The van der Waals surface area contributed by atoms with Gasteiger partial charge in [0.1, 0.15) is 17.2 Å². The van der Waals surface area contributed by atoms with Crippen LogP contribution in [0.2, 0.25) is 0 Å². The van der Waals surface area contributed by atoms with Crippen molar-refractivity contribution in [2.45, 2.75) is 51.6 Å². The molecule has 0 fully saturated rings. The standard InChI is InChI=1S/C25H28F3N3O2/c1-2-5-19-22(10-8-20(23(19)32)24(30)25(26,27)28)33-15-4-14-31-13-3-6-18-16-17(11-12-29)7-9-21(18)31/h7-10,16,30,32H,2-6,11,13-15H2,1H3. The molecule has 2 aromatic rings. The Labute approximate surface area is 191 Å². The zero-order valence-electron chi connectivity index (χ0n) is 18.6. The Bertz CT molecular complexity index is 1040. The van der Waals surface area contributed by atoms with Crippen LogP contribution in [0.5, 0.6) is 11.5 Å². The van der Waals surface area contributed by atoms with Crippen molar-refractivity contribution in [3.63, 3.8) is 0 Å². The average Bonchev–Trinajstić information content (AvgIpc) is 2.78. The molecule has 0 aliphatic carbocycles. The highest BCUT2D eigenvalue weighted by molar-refractivity contribution is 6.04. The SMILES string of the molecule is CCCc1c(OCCCN2CCCc3cc(CC#N)ccc32)ccc(C(=N)C(F)(F)F)c1O. The Kier molecular flexibility index (Phi) is 7.85. The van der Waals surface area contributed by atoms with Crippen molar-refractivity contribution in [1.82, 2.24) is 0 Å². The molecule has 0 spiro atoms. The summed E-state index contributed by atoms with van der Waals surface area (Å²) in [5, 5.41) is 26.7. The van der Waals surface area contributed by atoms with Gasteiger partial charge in [0.2, 0.25) is 0 Å². The maximum atomic E-state index is 12.9. The number of phenolic OH excluding ortho intramolecular Hbond substituents is 1. The first kappa shape index (κ1) is 24.4. The number of hydrogen-bond acceptors (Lipinski definition) is 5. The summed E-state index contributed by atoms with van der Waals surface area (Å²) in [4.78, 5) is 2.29. The van der Waals surface area contributed by atoms with Crippen molar-refractivity contribution >= 4 is 11.4 Å². The second kappa shape index (κ2) is 10.6. The van der Waals surface area contributed by atoms with E-state index in [0.717, 1.165) is 37.6 Å². The lowest BCUT2D eigenvalue weighted by Crippen LogP contribution is -2.31. The number of alkyl halides is 3. The normalized spacial score (nSPS) is 13.4. The van der Waals surface area contributed by atoms with Crippen LogP contribution >= 0.6 is 0 Å². The van der Waals surface area contributed by atoms with Gasteiger partial charge in [0.25, 0.3) is 0 Å². The van der Waals surface area contributed by atoms with E-state index in [4.69, 9.17) is 15.4 Å². The van der Waals surface area contributed by atoms with Gasteiger partial charge in [-0.2, -0.15) is 18.4 Å². The van der Waals surface area contributed by atoms with E-state index in [0.29, 0.717) is 43.6 Å². The zero-order chi connectivity index (χ0) is 24.0. The summed E-state index contributed by atoms with van der Waals surface area (Å²) in [5.41, 5.74) is 1.64. The van der Waals surface area contributed by atoms with E-state index in [9.17, 15) is 18.3 Å². The third kappa shape index (κ3) is 5.78. The second-order valence-electron chi connectivity index (χ2n) is 8.15. The second-order valence-corrected chi connectivity index (χ2v) is 8.15. The average molecular weight is 460 g/mol. The number of aryl methyl sites for hydroxylation is 1. The molecule has 1 heterocycles. The van der Waals surface area contributed by atoms with Gasteiger partial charge in [-0.15, -0.1) is 0 Å². The molecule has 1 aliphatic rings. The Morgan fingerprint density at radius 3 is 2.76 bits per heavy atom. The fourth-order valence-corrected chi connectivity index (χ4v) is 4.20. The first-order valence-corrected chi connectivity index (χ1v) is 11.1. The highest BCUT2D eigenvalue weighted by atomic mass is 19.4. The summed E-state index contributed by atoms with van der Waals surface area (Å²) < 4.78 is 44.7. The van der Waals surface area contributed by atoms with Crippen molar-refractivity contribution in [1.29, 1.82) is 10.7 Å². The van der Waals surface area contributed by atoms with Gasteiger partial charge < -0.3 is 14.7 Å². The number of benzene rings is 2. The molecule has 1 aliphatic heterocycles. The van der Waals surface area contributed by atoms with E-state index in [2.05, 4.69) is 23.1 Å². The lowest BCUT2D eigenvalue weighted by Gasteiger charge is -2.31. The van der Waals surface area contributed by atoms with Crippen molar-refractivity contribution < 1.29 is 23.0 Å². The topological polar surface area (TPSA) is 80.3 Å². The first-order chi connectivity index (χ1) is 15.8. The van der Waals surface area contributed by atoms with Gasteiger partial charge in [-0.05, 0) is 55.0 Å². The fraction of sp³-hybridized carbons (Fsp3) is 0.440. The molecular weight excluding hydrogens is 431 g/mol. The number of ether oxygens (including phenoxy) is 1. The minimum Gasteiger partial charge on any atom is -0.507 e. The van der Waals surface area contributed by atoms with Crippen molar-refractivity contribution in [2.24, 2.45) is 0 Å². The molecule has 5 nitrogen and oxygen atoms in total. The van der Waals surface area contributed by atoms with Gasteiger partial charge in [-0.1, -0.05) is 25.5 Å². The maximum absolute atomic E-state index is 12.9. The van der Waals surface area contributed by atoms with E-state index in [1.165, 1.54) is 17.3 Å². The first-order valence-electron chi connectivity index (χ1n) is 11.1. The Hall–Kier alpha value is -3.21. The van der Waals surface area contributed by atoms with Gasteiger partial charge >= 0.3 is 6.18 Å². The number of anilines is 1. The zero-order valence-corrected chi connectivity index (χ0v) is 18.6. The molecule has 0 saturated carbocycles. The van der Waals surface area contributed by atoms with Gasteiger partial charge in [0.15, 0.2) is 0 Å². The summed E-state index contributed by atoms with van der Waals surface area (Å²) in [7, 11) is 0. The predicted octanol–water partition coefficient (Wildman–Crippen LogP) is 5.56. The molecule has 176 valence electrons. The highest BCUT2D eigenvalue weighted by Gasteiger charge is 2.37.